The highest BCUT2D eigenvalue weighted by Gasteiger charge is 2.14. The van der Waals surface area contributed by atoms with Gasteiger partial charge in [-0.1, -0.05) is 13.3 Å². The molecular formula is C13H21NO4. The highest BCUT2D eigenvalue weighted by atomic mass is 16.4. The lowest BCUT2D eigenvalue weighted by molar-refractivity contribution is 0.0660. The van der Waals surface area contributed by atoms with Crippen LogP contribution >= 0.6 is 0 Å². The van der Waals surface area contributed by atoms with E-state index in [-0.39, 0.29) is 12.4 Å². The van der Waals surface area contributed by atoms with Crippen LogP contribution in [-0.4, -0.2) is 29.3 Å². The monoisotopic (exact) mass is 255 g/mol. The van der Waals surface area contributed by atoms with Gasteiger partial charge in [0.25, 0.3) is 0 Å². The average molecular weight is 255 g/mol. The molecule has 0 saturated carbocycles. The first-order chi connectivity index (χ1) is 8.69. The Labute approximate surface area is 107 Å². The molecule has 0 aliphatic carbocycles. The van der Waals surface area contributed by atoms with Gasteiger partial charge in [0.2, 0.25) is 5.76 Å². The maximum Gasteiger partial charge on any atom is 0.372 e. The highest BCUT2D eigenvalue weighted by Crippen LogP contribution is 2.12. The van der Waals surface area contributed by atoms with Crippen LogP contribution in [0.1, 0.15) is 42.3 Å². The topological polar surface area (TPSA) is 82.7 Å². The molecule has 0 radical (unpaired) electrons. The number of hydrogen-bond acceptors (Lipinski definition) is 4. The lowest BCUT2D eigenvalue weighted by Crippen LogP contribution is -2.23. The smallest absolute Gasteiger partial charge is 0.372 e. The zero-order chi connectivity index (χ0) is 13.4. The molecule has 1 atom stereocenters. The van der Waals surface area contributed by atoms with E-state index in [2.05, 4.69) is 12.2 Å². The zero-order valence-corrected chi connectivity index (χ0v) is 10.7. The van der Waals surface area contributed by atoms with Crippen molar-refractivity contribution in [2.45, 2.75) is 32.7 Å². The van der Waals surface area contributed by atoms with Gasteiger partial charge in [0.1, 0.15) is 0 Å². The maximum atomic E-state index is 10.8. The quantitative estimate of drug-likeness (QED) is 0.627. The standard InChI is InChI=1S/C13H21NO4/c1-2-3-10(4-6-15)8-14-9-11-5-7-18-12(11)13(16)17/h5,7,10,14-15H,2-4,6,8-9H2,1H3,(H,16,17). The number of hydrogen-bond donors (Lipinski definition) is 3. The third kappa shape index (κ3) is 4.50. The first kappa shape index (κ1) is 14.7. The predicted molar refractivity (Wildman–Crippen MR) is 67.5 cm³/mol. The summed E-state index contributed by atoms with van der Waals surface area (Å²) in [5, 5.41) is 21.0. The fourth-order valence-electron chi connectivity index (χ4n) is 2.01. The van der Waals surface area contributed by atoms with Crippen molar-refractivity contribution in [2.24, 2.45) is 5.92 Å². The van der Waals surface area contributed by atoms with Gasteiger partial charge in [0.05, 0.1) is 6.26 Å². The molecule has 0 fully saturated rings. The molecule has 0 aliphatic heterocycles. The number of aliphatic hydroxyl groups is 1. The Balaban J connectivity index is 2.39. The lowest BCUT2D eigenvalue weighted by Gasteiger charge is -2.15. The second kappa shape index (κ2) is 7.89. The molecular weight excluding hydrogens is 234 g/mol. The third-order valence-electron chi connectivity index (χ3n) is 2.92. The first-order valence-electron chi connectivity index (χ1n) is 6.30. The summed E-state index contributed by atoms with van der Waals surface area (Å²) in [5.74, 6) is -0.617. The van der Waals surface area contributed by atoms with Crippen LogP contribution in [0.2, 0.25) is 0 Å². The molecule has 0 aromatic carbocycles. The van der Waals surface area contributed by atoms with Gasteiger partial charge in [-0.15, -0.1) is 0 Å². The Hall–Kier alpha value is -1.33. The number of carboxylic acids is 1. The van der Waals surface area contributed by atoms with Gasteiger partial charge >= 0.3 is 5.97 Å². The second-order valence-electron chi connectivity index (χ2n) is 4.38. The summed E-state index contributed by atoms with van der Waals surface area (Å²) in [6.07, 6.45) is 4.30. The van der Waals surface area contributed by atoms with Gasteiger partial charge in [-0.3, -0.25) is 0 Å². The van der Waals surface area contributed by atoms with Gasteiger partial charge in [-0.25, -0.2) is 4.79 Å². The molecule has 1 aromatic heterocycles. The average Bonchev–Trinajstić information content (AvgIpc) is 2.78. The Morgan fingerprint density at radius 1 is 1.50 bits per heavy atom. The summed E-state index contributed by atoms with van der Waals surface area (Å²) in [7, 11) is 0. The van der Waals surface area contributed by atoms with Gasteiger partial charge < -0.3 is 19.9 Å². The van der Waals surface area contributed by atoms with Crippen molar-refractivity contribution >= 4 is 5.97 Å². The highest BCUT2D eigenvalue weighted by molar-refractivity contribution is 5.86. The molecule has 0 spiro atoms. The molecule has 0 bridgehead atoms. The molecule has 18 heavy (non-hydrogen) atoms. The molecule has 1 aromatic rings. The van der Waals surface area contributed by atoms with Gasteiger partial charge in [0, 0.05) is 18.7 Å². The Morgan fingerprint density at radius 3 is 2.89 bits per heavy atom. The summed E-state index contributed by atoms with van der Waals surface area (Å²) in [6.45, 7) is 3.56. The minimum Gasteiger partial charge on any atom is -0.475 e. The largest absolute Gasteiger partial charge is 0.475 e. The molecule has 5 nitrogen and oxygen atoms in total. The van der Waals surface area contributed by atoms with E-state index in [0.717, 1.165) is 25.8 Å². The summed E-state index contributed by atoms with van der Waals surface area (Å²) < 4.78 is 4.90. The second-order valence-corrected chi connectivity index (χ2v) is 4.38. The van der Waals surface area contributed by atoms with E-state index in [9.17, 15) is 4.79 Å². The molecule has 5 heteroatoms. The van der Waals surface area contributed by atoms with E-state index in [1.165, 1.54) is 6.26 Å². The Bertz CT molecular complexity index is 356. The van der Waals surface area contributed by atoms with Crippen LogP contribution < -0.4 is 5.32 Å². The van der Waals surface area contributed by atoms with Crippen molar-refractivity contribution < 1.29 is 19.4 Å². The van der Waals surface area contributed by atoms with E-state index >= 15 is 0 Å². The fourth-order valence-corrected chi connectivity index (χ4v) is 2.01. The molecule has 102 valence electrons. The molecule has 1 unspecified atom stereocenters. The molecule has 3 N–H and O–H groups in total. The summed E-state index contributed by atoms with van der Waals surface area (Å²) in [5.41, 5.74) is 0.654. The van der Waals surface area contributed by atoms with Crippen molar-refractivity contribution in [1.29, 1.82) is 0 Å². The van der Waals surface area contributed by atoms with Crippen molar-refractivity contribution in [3.63, 3.8) is 0 Å². The number of aliphatic hydroxyl groups excluding tert-OH is 1. The summed E-state index contributed by atoms with van der Waals surface area (Å²) in [4.78, 5) is 10.8. The van der Waals surface area contributed by atoms with Crippen LogP contribution in [0.4, 0.5) is 0 Å². The number of furan rings is 1. The lowest BCUT2D eigenvalue weighted by atomic mass is 10.0. The van der Waals surface area contributed by atoms with Crippen molar-refractivity contribution in [2.75, 3.05) is 13.2 Å². The number of carboxylic acid groups (broad SMARTS) is 1. The van der Waals surface area contributed by atoms with E-state index in [0.29, 0.717) is 18.0 Å². The van der Waals surface area contributed by atoms with Crippen molar-refractivity contribution in [3.05, 3.63) is 23.7 Å². The van der Waals surface area contributed by atoms with Crippen LogP contribution in [0.25, 0.3) is 0 Å². The van der Waals surface area contributed by atoms with Crippen LogP contribution in [0, 0.1) is 5.92 Å². The van der Waals surface area contributed by atoms with Crippen molar-refractivity contribution in [1.82, 2.24) is 5.32 Å². The Morgan fingerprint density at radius 2 is 2.28 bits per heavy atom. The van der Waals surface area contributed by atoms with Crippen LogP contribution in [0.3, 0.4) is 0 Å². The predicted octanol–water partition coefficient (Wildman–Crippen LogP) is 1.87. The van der Waals surface area contributed by atoms with Crippen LogP contribution in [0.5, 0.6) is 0 Å². The maximum absolute atomic E-state index is 10.8. The number of nitrogens with one attached hydrogen (secondary N) is 1. The molecule has 1 rings (SSSR count). The fraction of sp³-hybridized carbons (Fsp3) is 0.615. The number of rotatable bonds is 9. The number of carbonyl (C=O) groups is 1. The van der Waals surface area contributed by atoms with Gasteiger partial charge in [0.15, 0.2) is 0 Å². The van der Waals surface area contributed by atoms with E-state index in [1.807, 2.05) is 0 Å². The van der Waals surface area contributed by atoms with E-state index < -0.39 is 5.97 Å². The van der Waals surface area contributed by atoms with E-state index in [4.69, 9.17) is 14.6 Å². The minimum atomic E-state index is -1.04. The van der Waals surface area contributed by atoms with Gasteiger partial charge in [-0.2, -0.15) is 0 Å². The molecule has 0 saturated heterocycles. The van der Waals surface area contributed by atoms with Crippen LogP contribution in [0.15, 0.2) is 16.7 Å². The van der Waals surface area contributed by atoms with Crippen LogP contribution in [-0.2, 0) is 6.54 Å². The Kier molecular flexibility index (Phi) is 6.46. The molecule has 1 heterocycles. The summed E-state index contributed by atoms with van der Waals surface area (Å²) in [6, 6.07) is 1.66. The van der Waals surface area contributed by atoms with Crippen molar-refractivity contribution in [3.8, 4) is 0 Å². The van der Waals surface area contributed by atoms with Gasteiger partial charge in [-0.05, 0) is 31.4 Å². The normalized spacial score (nSPS) is 12.6. The molecule has 0 amide bonds. The summed E-state index contributed by atoms with van der Waals surface area (Å²) >= 11 is 0. The molecule has 0 aliphatic rings. The van der Waals surface area contributed by atoms with E-state index in [1.54, 1.807) is 6.07 Å². The SMILES string of the molecule is CCCC(CCO)CNCc1ccoc1C(=O)O. The first-order valence-corrected chi connectivity index (χ1v) is 6.30. The third-order valence-corrected chi connectivity index (χ3v) is 2.92. The minimum absolute atomic E-state index is 0.00306. The number of aromatic carboxylic acids is 1. The zero-order valence-electron chi connectivity index (χ0n) is 10.7.